The fraction of sp³-hybridized carbons (Fsp3) is 0.636. The van der Waals surface area contributed by atoms with E-state index in [9.17, 15) is 8.42 Å². The van der Waals surface area contributed by atoms with Crippen LogP contribution in [0.4, 0.5) is 0 Å². The van der Waals surface area contributed by atoms with Gasteiger partial charge >= 0.3 is 0 Å². The van der Waals surface area contributed by atoms with Crippen molar-refractivity contribution in [3.05, 3.63) is 17.0 Å². The normalized spacial score (nSPS) is 21.2. The summed E-state index contributed by atoms with van der Waals surface area (Å²) < 4.78 is 27.0. The maximum atomic E-state index is 12.5. The highest BCUT2D eigenvalue weighted by Crippen LogP contribution is 2.26. The topological polar surface area (TPSA) is 49.4 Å². The van der Waals surface area contributed by atoms with Crippen LogP contribution in [0, 0.1) is 6.92 Å². The Morgan fingerprint density at radius 1 is 1.53 bits per heavy atom. The average Bonchev–Trinajstić information content (AvgIpc) is 2.89. The summed E-state index contributed by atoms with van der Waals surface area (Å²) >= 11 is 1.35. The molecule has 0 aromatic carbocycles. The lowest BCUT2D eigenvalue weighted by atomic mass is 10.3. The highest BCUT2D eigenvalue weighted by atomic mass is 32.2. The van der Waals surface area contributed by atoms with Gasteiger partial charge in [-0.1, -0.05) is 6.92 Å². The number of thiophene rings is 1. The van der Waals surface area contributed by atoms with Crippen LogP contribution in [0.1, 0.15) is 18.2 Å². The van der Waals surface area contributed by atoms with Crippen molar-refractivity contribution in [2.75, 3.05) is 19.6 Å². The van der Waals surface area contributed by atoms with Crippen molar-refractivity contribution in [1.29, 1.82) is 0 Å². The second kappa shape index (κ2) is 5.06. The third kappa shape index (κ3) is 2.54. The van der Waals surface area contributed by atoms with E-state index in [1.54, 1.807) is 10.4 Å². The second-order valence-corrected chi connectivity index (χ2v) is 7.63. The van der Waals surface area contributed by atoms with Gasteiger partial charge in [-0.3, -0.25) is 0 Å². The minimum atomic E-state index is -3.30. The zero-order valence-corrected chi connectivity index (χ0v) is 11.8. The zero-order valence-electron chi connectivity index (χ0n) is 10.1. The quantitative estimate of drug-likeness (QED) is 0.903. The number of nitrogens with one attached hydrogen (secondary N) is 1. The molecule has 1 N–H and O–H groups in total. The molecule has 96 valence electrons. The minimum Gasteiger partial charge on any atom is -0.315 e. The molecule has 1 atom stereocenters. The summed E-state index contributed by atoms with van der Waals surface area (Å²) in [7, 11) is -3.30. The molecule has 0 spiro atoms. The largest absolute Gasteiger partial charge is 0.315 e. The van der Waals surface area contributed by atoms with E-state index in [0.717, 1.165) is 24.4 Å². The van der Waals surface area contributed by atoms with Crippen molar-refractivity contribution in [2.24, 2.45) is 0 Å². The van der Waals surface area contributed by atoms with Crippen LogP contribution in [-0.2, 0) is 10.0 Å². The fourth-order valence-corrected chi connectivity index (χ4v) is 5.25. The molecule has 0 bridgehead atoms. The maximum Gasteiger partial charge on any atom is 0.252 e. The van der Waals surface area contributed by atoms with Gasteiger partial charge in [-0.25, -0.2) is 8.42 Å². The van der Waals surface area contributed by atoms with Gasteiger partial charge in [-0.05, 0) is 32.0 Å². The van der Waals surface area contributed by atoms with Gasteiger partial charge in [0, 0.05) is 24.0 Å². The number of hydrogen-bond acceptors (Lipinski definition) is 4. The Bertz CT molecular complexity index is 475. The van der Waals surface area contributed by atoms with Gasteiger partial charge in [0.25, 0.3) is 10.0 Å². The van der Waals surface area contributed by atoms with Crippen molar-refractivity contribution in [3.8, 4) is 0 Å². The van der Waals surface area contributed by atoms with Crippen LogP contribution in [-0.4, -0.2) is 38.4 Å². The van der Waals surface area contributed by atoms with E-state index >= 15 is 0 Å². The van der Waals surface area contributed by atoms with E-state index in [0.29, 0.717) is 10.8 Å². The van der Waals surface area contributed by atoms with E-state index in [-0.39, 0.29) is 6.04 Å². The summed E-state index contributed by atoms with van der Waals surface area (Å²) in [6.07, 6.45) is 0.900. The van der Waals surface area contributed by atoms with Gasteiger partial charge in [0.2, 0.25) is 0 Å². The Balaban J connectivity index is 2.29. The molecule has 1 aromatic heterocycles. The lowest BCUT2D eigenvalue weighted by molar-refractivity contribution is 0.349. The molecule has 1 aliphatic heterocycles. The first kappa shape index (κ1) is 13.0. The molecule has 2 rings (SSSR count). The van der Waals surface area contributed by atoms with Crippen LogP contribution in [0.5, 0.6) is 0 Å². The lowest BCUT2D eigenvalue weighted by Gasteiger charge is -2.25. The number of aryl methyl sites for hydroxylation is 1. The molecule has 0 saturated carbocycles. The first-order valence-corrected chi connectivity index (χ1v) is 8.10. The van der Waals surface area contributed by atoms with Crippen LogP contribution in [0.25, 0.3) is 0 Å². The Kier molecular flexibility index (Phi) is 3.87. The summed E-state index contributed by atoms with van der Waals surface area (Å²) in [6.45, 7) is 6.02. The molecule has 0 aliphatic carbocycles. The smallest absolute Gasteiger partial charge is 0.252 e. The monoisotopic (exact) mass is 274 g/mol. The standard InChI is InChI=1S/C11H18N2O2S2/c1-3-13(10-6-7-12-8-10)17(14,15)11-5-4-9(2)16-11/h4-5,10,12H,3,6-8H2,1-2H3. The molecule has 1 fully saturated rings. The molecular formula is C11H18N2O2S2. The van der Waals surface area contributed by atoms with Gasteiger partial charge in [0.05, 0.1) is 0 Å². The van der Waals surface area contributed by atoms with E-state index in [2.05, 4.69) is 5.32 Å². The van der Waals surface area contributed by atoms with Crippen LogP contribution in [0.3, 0.4) is 0 Å². The van der Waals surface area contributed by atoms with E-state index in [1.807, 2.05) is 19.9 Å². The van der Waals surface area contributed by atoms with Crippen LogP contribution in [0.15, 0.2) is 16.3 Å². The lowest BCUT2D eigenvalue weighted by Crippen LogP contribution is -2.41. The Labute approximate surface area is 107 Å². The number of rotatable bonds is 4. The van der Waals surface area contributed by atoms with Gasteiger partial charge in [0.1, 0.15) is 4.21 Å². The summed E-state index contributed by atoms with van der Waals surface area (Å²) in [5, 5.41) is 3.21. The van der Waals surface area contributed by atoms with Crippen molar-refractivity contribution in [2.45, 2.75) is 30.5 Å². The highest BCUT2D eigenvalue weighted by molar-refractivity contribution is 7.91. The van der Waals surface area contributed by atoms with Crippen molar-refractivity contribution < 1.29 is 8.42 Å². The zero-order chi connectivity index (χ0) is 12.5. The molecule has 1 aliphatic rings. The first-order valence-electron chi connectivity index (χ1n) is 5.84. The molecule has 1 aromatic rings. The van der Waals surface area contributed by atoms with Crippen molar-refractivity contribution in [1.82, 2.24) is 9.62 Å². The van der Waals surface area contributed by atoms with Crippen LogP contribution < -0.4 is 5.32 Å². The number of nitrogens with zero attached hydrogens (tertiary/aromatic N) is 1. The predicted molar refractivity (Wildman–Crippen MR) is 69.9 cm³/mol. The summed E-state index contributed by atoms with van der Waals surface area (Å²) in [5.41, 5.74) is 0. The third-order valence-electron chi connectivity index (χ3n) is 3.03. The Hall–Kier alpha value is -0.430. The van der Waals surface area contributed by atoms with Gasteiger partial charge in [-0.2, -0.15) is 4.31 Å². The number of likely N-dealkylation sites (N-methyl/N-ethyl adjacent to an activating group) is 1. The minimum absolute atomic E-state index is 0.104. The van der Waals surface area contributed by atoms with Crippen LogP contribution >= 0.6 is 11.3 Å². The summed E-state index contributed by atoms with van der Waals surface area (Å²) in [4.78, 5) is 1.03. The molecule has 4 nitrogen and oxygen atoms in total. The number of sulfonamides is 1. The molecule has 2 heterocycles. The summed E-state index contributed by atoms with van der Waals surface area (Å²) in [5.74, 6) is 0. The third-order valence-corrected chi connectivity index (χ3v) is 6.53. The highest BCUT2D eigenvalue weighted by Gasteiger charge is 2.32. The maximum absolute atomic E-state index is 12.5. The predicted octanol–water partition coefficient (Wildman–Crippen LogP) is 1.43. The molecule has 1 unspecified atom stereocenters. The first-order chi connectivity index (χ1) is 8.05. The van der Waals surface area contributed by atoms with Crippen molar-refractivity contribution in [3.63, 3.8) is 0 Å². The van der Waals surface area contributed by atoms with Gasteiger partial charge < -0.3 is 5.32 Å². The Morgan fingerprint density at radius 3 is 2.76 bits per heavy atom. The van der Waals surface area contributed by atoms with Crippen molar-refractivity contribution >= 4 is 21.4 Å². The molecule has 1 saturated heterocycles. The molecule has 6 heteroatoms. The van der Waals surface area contributed by atoms with E-state index in [4.69, 9.17) is 0 Å². The number of hydrogen-bond donors (Lipinski definition) is 1. The molecule has 0 amide bonds. The molecule has 0 radical (unpaired) electrons. The summed E-state index contributed by atoms with van der Waals surface area (Å²) in [6, 6.07) is 3.67. The van der Waals surface area contributed by atoms with Crippen LogP contribution in [0.2, 0.25) is 0 Å². The average molecular weight is 274 g/mol. The van der Waals surface area contributed by atoms with Gasteiger partial charge in [0.15, 0.2) is 0 Å². The molecular weight excluding hydrogens is 256 g/mol. The fourth-order valence-electron chi connectivity index (χ4n) is 2.18. The van der Waals surface area contributed by atoms with E-state index in [1.165, 1.54) is 11.3 Å². The SMILES string of the molecule is CCN(C1CCNC1)S(=O)(=O)c1ccc(C)s1. The molecule has 17 heavy (non-hydrogen) atoms. The second-order valence-electron chi connectivity index (χ2n) is 4.22. The van der Waals surface area contributed by atoms with Gasteiger partial charge in [-0.15, -0.1) is 11.3 Å². The van der Waals surface area contributed by atoms with E-state index < -0.39 is 10.0 Å². The Morgan fingerprint density at radius 2 is 2.29 bits per heavy atom.